The van der Waals surface area contributed by atoms with Crippen LogP contribution >= 0.6 is 11.8 Å². The molecule has 7 nitrogen and oxygen atoms in total. The lowest BCUT2D eigenvalue weighted by Crippen LogP contribution is -2.19. The zero-order valence-corrected chi connectivity index (χ0v) is 16.5. The first-order valence-electron chi connectivity index (χ1n) is 10.2. The number of aromatic nitrogens is 5. The number of hydrogen-bond donors (Lipinski definition) is 2. The van der Waals surface area contributed by atoms with Gasteiger partial charge in [-0.1, -0.05) is 50.3 Å². The van der Waals surface area contributed by atoms with Crippen molar-refractivity contribution in [1.82, 2.24) is 25.0 Å². The largest absolute Gasteiger partial charge is 0.310 e. The molecule has 2 fully saturated rings. The molecule has 27 heavy (non-hydrogen) atoms. The molecule has 2 heterocycles. The first-order chi connectivity index (χ1) is 13.3. The van der Waals surface area contributed by atoms with E-state index in [1.54, 1.807) is 6.20 Å². The van der Waals surface area contributed by atoms with Gasteiger partial charge in [-0.3, -0.25) is 9.89 Å². The van der Waals surface area contributed by atoms with Gasteiger partial charge < -0.3 is 5.32 Å². The third-order valence-corrected chi connectivity index (χ3v) is 6.56. The van der Waals surface area contributed by atoms with Gasteiger partial charge in [0.05, 0.1) is 18.0 Å². The van der Waals surface area contributed by atoms with Crippen molar-refractivity contribution in [2.75, 3.05) is 11.1 Å². The number of amides is 1. The van der Waals surface area contributed by atoms with Crippen molar-refractivity contribution in [3.8, 4) is 0 Å². The molecule has 146 valence electrons. The van der Waals surface area contributed by atoms with Crippen LogP contribution in [0.3, 0.4) is 0 Å². The van der Waals surface area contributed by atoms with Gasteiger partial charge in [-0.15, -0.1) is 5.10 Å². The third-order valence-electron chi connectivity index (χ3n) is 5.72. The lowest BCUT2D eigenvalue weighted by molar-refractivity contribution is -0.113. The van der Waals surface area contributed by atoms with E-state index < -0.39 is 0 Å². The number of carbonyl (C=O) groups is 1. The lowest BCUT2D eigenvalue weighted by Gasteiger charge is -2.14. The molecule has 2 aromatic rings. The summed E-state index contributed by atoms with van der Waals surface area (Å²) in [6.07, 6.45) is 14.1. The number of hydrogen-bond acceptors (Lipinski definition) is 5. The van der Waals surface area contributed by atoms with Crippen LogP contribution in [0.1, 0.15) is 69.7 Å². The van der Waals surface area contributed by atoms with Crippen LogP contribution in [0.2, 0.25) is 0 Å². The molecular weight excluding hydrogens is 360 g/mol. The first kappa shape index (κ1) is 18.5. The van der Waals surface area contributed by atoms with Gasteiger partial charge in [0.2, 0.25) is 11.1 Å². The fourth-order valence-corrected chi connectivity index (χ4v) is 4.87. The molecule has 4 rings (SSSR count). The standard InChI is InChI=1S/C19H28N6OS/c26-18(22-17-11-12-20-25(17)15-7-3-4-8-15)13-27-19-21-16(23-24-19)10-9-14-5-1-2-6-14/h11-12,14-15H,1-10,13H2,(H,22,26)(H,21,23,24). The van der Waals surface area contributed by atoms with Crippen LogP contribution in [-0.2, 0) is 11.2 Å². The SMILES string of the molecule is O=C(CSc1n[nH]c(CCC2CCCC2)n1)Nc1ccnn1C1CCCC1. The maximum Gasteiger partial charge on any atom is 0.235 e. The second-order valence-electron chi connectivity index (χ2n) is 7.69. The predicted octanol–water partition coefficient (Wildman–Crippen LogP) is 3.97. The number of anilines is 1. The van der Waals surface area contributed by atoms with Gasteiger partial charge in [-0.05, 0) is 25.2 Å². The summed E-state index contributed by atoms with van der Waals surface area (Å²) in [6, 6.07) is 2.29. The molecule has 0 atom stereocenters. The summed E-state index contributed by atoms with van der Waals surface area (Å²) >= 11 is 1.37. The molecule has 0 bridgehead atoms. The van der Waals surface area contributed by atoms with E-state index in [0.717, 1.165) is 36.8 Å². The Morgan fingerprint density at radius 1 is 1.22 bits per heavy atom. The molecule has 2 aromatic heterocycles. The van der Waals surface area contributed by atoms with Crippen molar-refractivity contribution in [2.24, 2.45) is 5.92 Å². The zero-order valence-electron chi connectivity index (χ0n) is 15.7. The Kier molecular flexibility index (Phi) is 6.11. The van der Waals surface area contributed by atoms with Gasteiger partial charge in [0.25, 0.3) is 0 Å². The summed E-state index contributed by atoms with van der Waals surface area (Å²) < 4.78 is 1.96. The molecule has 0 aromatic carbocycles. The van der Waals surface area contributed by atoms with Crippen molar-refractivity contribution in [3.63, 3.8) is 0 Å². The van der Waals surface area contributed by atoms with Crippen molar-refractivity contribution < 1.29 is 4.79 Å². The van der Waals surface area contributed by atoms with Crippen LogP contribution in [0.4, 0.5) is 5.82 Å². The van der Waals surface area contributed by atoms with Crippen LogP contribution in [-0.4, -0.2) is 36.6 Å². The summed E-state index contributed by atoms with van der Waals surface area (Å²) in [5.41, 5.74) is 0. The molecule has 2 saturated carbocycles. The molecule has 0 spiro atoms. The molecule has 0 radical (unpaired) electrons. The second kappa shape index (κ2) is 8.91. The van der Waals surface area contributed by atoms with Gasteiger partial charge >= 0.3 is 0 Å². The van der Waals surface area contributed by atoms with E-state index >= 15 is 0 Å². The first-order valence-corrected chi connectivity index (χ1v) is 11.1. The maximum atomic E-state index is 12.3. The zero-order chi connectivity index (χ0) is 18.5. The van der Waals surface area contributed by atoms with Gasteiger partial charge in [0.15, 0.2) is 0 Å². The van der Waals surface area contributed by atoms with Crippen molar-refractivity contribution in [2.45, 2.75) is 75.4 Å². The minimum absolute atomic E-state index is 0.0444. The van der Waals surface area contributed by atoms with E-state index in [4.69, 9.17) is 0 Å². The summed E-state index contributed by atoms with van der Waals surface area (Å²) in [4.78, 5) is 16.8. The monoisotopic (exact) mass is 388 g/mol. The fourth-order valence-electron chi connectivity index (χ4n) is 4.26. The molecular formula is C19H28N6OS. The topological polar surface area (TPSA) is 88.5 Å². The summed E-state index contributed by atoms with van der Waals surface area (Å²) in [5.74, 6) is 2.83. The van der Waals surface area contributed by atoms with Gasteiger partial charge in [0.1, 0.15) is 11.6 Å². The summed E-state index contributed by atoms with van der Waals surface area (Å²) in [5, 5.41) is 15.3. The highest BCUT2D eigenvalue weighted by Gasteiger charge is 2.21. The molecule has 2 N–H and O–H groups in total. The number of H-pyrrole nitrogens is 1. The highest BCUT2D eigenvalue weighted by atomic mass is 32.2. The number of nitrogens with one attached hydrogen (secondary N) is 2. The number of rotatable bonds is 8. The van der Waals surface area contributed by atoms with Crippen molar-refractivity contribution in [3.05, 3.63) is 18.1 Å². The van der Waals surface area contributed by atoms with Gasteiger partial charge in [0, 0.05) is 12.5 Å². The fraction of sp³-hybridized carbons (Fsp3) is 0.684. The predicted molar refractivity (Wildman–Crippen MR) is 106 cm³/mol. The molecule has 1 amide bonds. The molecule has 0 aliphatic heterocycles. The average Bonchev–Trinajstić information content (AvgIpc) is 3.46. The highest BCUT2D eigenvalue weighted by Crippen LogP contribution is 2.31. The van der Waals surface area contributed by atoms with E-state index in [0.29, 0.717) is 17.0 Å². The Morgan fingerprint density at radius 2 is 2.00 bits per heavy atom. The van der Waals surface area contributed by atoms with Crippen molar-refractivity contribution >= 4 is 23.5 Å². The van der Waals surface area contributed by atoms with E-state index in [1.807, 2.05) is 10.7 Å². The van der Waals surface area contributed by atoms with Crippen LogP contribution in [0.15, 0.2) is 17.4 Å². The van der Waals surface area contributed by atoms with Gasteiger partial charge in [-0.25, -0.2) is 9.67 Å². The normalized spacial score (nSPS) is 18.4. The minimum Gasteiger partial charge on any atom is -0.310 e. The smallest absolute Gasteiger partial charge is 0.235 e. The Hall–Kier alpha value is -1.83. The van der Waals surface area contributed by atoms with Crippen LogP contribution in [0.25, 0.3) is 0 Å². The number of thioether (sulfide) groups is 1. The van der Waals surface area contributed by atoms with Gasteiger partial charge in [-0.2, -0.15) is 5.10 Å². The van der Waals surface area contributed by atoms with E-state index in [-0.39, 0.29) is 5.91 Å². The maximum absolute atomic E-state index is 12.3. The molecule has 2 aliphatic rings. The minimum atomic E-state index is -0.0444. The number of aromatic amines is 1. The highest BCUT2D eigenvalue weighted by molar-refractivity contribution is 7.99. The van der Waals surface area contributed by atoms with Crippen LogP contribution in [0.5, 0.6) is 0 Å². The Bertz CT molecular complexity index is 745. The molecule has 2 aliphatic carbocycles. The van der Waals surface area contributed by atoms with E-state index in [1.165, 1.54) is 56.7 Å². The number of nitrogens with zero attached hydrogens (tertiary/aromatic N) is 4. The molecule has 0 unspecified atom stereocenters. The van der Waals surface area contributed by atoms with E-state index in [2.05, 4.69) is 25.6 Å². The lowest BCUT2D eigenvalue weighted by atomic mass is 10.0. The number of carbonyl (C=O) groups excluding carboxylic acids is 1. The average molecular weight is 389 g/mol. The Balaban J connectivity index is 1.23. The Labute approximate surface area is 164 Å². The Morgan fingerprint density at radius 3 is 2.81 bits per heavy atom. The van der Waals surface area contributed by atoms with Crippen molar-refractivity contribution in [1.29, 1.82) is 0 Å². The quantitative estimate of drug-likeness (QED) is 0.668. The number of aryl methyl sites for hydroxylation is 1. The molecule has 0 saturated heterocycles. The third kappa shape index (κ3) is 4.91. The summed E-state index contributed by atoms with van der Waals surface area (Å²) in [6.45, 7) is 0. The summed E-state index contributed by atoms with van der Waals surface area (Å²) in [7, 11) is 0. The van der Waals surface area contributed by atoms with Crippen LogP contribution < -0.4 is 5.32 Å². The van der Waals surface area contributed by atoms with Crippen LogP contribution in [0, 0.1) is 5.92 Å². The second-order valence-corrected chi connectivity index (χ2v) is 8.63. The molecule has 8 heteroatoms. The van der Waals surface area contributed by atoms with E-state index in [9.17, 15) is 4.79 Å².